The number of carbonyl (C=O) groups is 2. The molecular weight excluding hydrogens is 288 g/mol. The average molecular weight is 322 g/mol. The number of esters is 2. The maximum absolute atomic E-state index is 11.5. The number of ether oxygens (including phenoxy) is 1. The topological polar surface area (TPSA) is 43.4 Å². The van der Waals surface area contributed by atoms with Crippen LogP contribution < -0.4 is 0 Å². The third kappa shape index (κ3) is 8.92. The number of unbranched alkanes of at least 4 members (excludes halogenated alkanes) is 10. The SMILES string of the molecule is CCCCCCCCCCCC/C=C/C(C)C1CC(=O)OC1=O. The molecule has 1 rings (SSSR count). The fourth-order valence-electron chi connectivity index (χ4n) is 3.09. The van der Waals surface area contributed by atoms with Crippen LogP contribution in [0.5, 0.6) is 0 Å². The van der Waals surface area contributed by atoms with Crippen molar-refractivity contribution in [2.24, 2.45) is 11.8 Å². The van der Waals surface area contributed by atoms with Gasteiger partial charge in [-0.25, -0.2) is 0 Å². The van der Waals surface area contributed by atoms with Gasteiger partial charge in [0.15, 0.2) is 0 Å². The quantitative estimate of drug-likeness (QED) is 0.192. The van der Waals surface area contributed by atoms with Crippen molar-refractivity contribution in [1.82, 2.24) is 0 Å². The summed E-state index contributed by atoms with van der Waals surface area (Å²) >= 11 is 0. The Labute approximate surface area is 141 Å². The van der Waals surface area contributed by atoms with Crippen LogP contribution in [-0.4, -0.2) is 11.9 Å². The van der Waals surface area contributed by atoms with Gasteiger partial charge >= 0.3 is 11.9 Å². The second kappa shape index (κ2) is 12.3. The van der Waals surface area contributed by atoms with Crippen molar-refractivity contribution in [3.05, 3.63) is 12.2 Å². The van der Waals surface area contributed by atoms with Gasteiger partial charge in [-0.1, -0.05) is 83.8 Å². The molecule has 2 unspecified atom stereocenters. The molecule has 3 heteroatoms. The van der Waals surface area contributed by atoms with Gasteiger partial charge in [0, 0.05) is 0 Å². The number of hydrogen-bond acceptors (Lipinski definition) is 3. The highest BCUT2D eigenvalue weighted by molar-refractivity contribution is 5.94. The summed E-state index contributed by atoms with van der Waals surface area (Å²) in [4.78, 5) is 22.5. The van der Waals surface area contributed by atoms with Gasteiger partial charge in [-0.2, -0.15) is 0 Å². The zero-order chi connectivity index (χ0) is 16.9. The molecule has 1 fully saturated rings. The lowest BCUT2D eigenvalue weighted by atomic mass is 9.92. The first kappa shape index (κ1) is 19.9. The highest BCUT2D eigenvalue weighted by atomic mass is 16.6. The second-order valence-corrected chi connectivity index (χ2v) is 6.86. The van der Waals surface area contributed by atoms with E-state index < -0.39 is 0 Å². The monoisotopic (exact) mass is 322 g/mol. The summed E-state index contributed by atoms with van der Waals surface area (Å²) in [7, 11) is 0. The first-order chi connectivity index (χ1) is 11.1. The van der Waals surface area contributed by atoms with Crippen LogP contribution in [0, 0.1) is 11.8 Å². The Kier molecular flexibility index (Phi) is 10.7. The Hall–Kier alpha value is -1.12. The number of hydrogen-bond donors (Lipinski definition) is 0. The Bertz CT molecular complexity index is 373. The van der Waals surface area contributed by atoms with Gasteiger partial charge in [0.05, 0.1) is 12.3 Å². The van der Waals surface area contributed by atoms with Crippen molar-refractivity contribution in [3.63, 3.8) is 0 Å². The molecule has 23 heavy (non-hydrogen) atoms. The maximum Gasteiger partial charge on any atom is 0.317 e. The van der Waals surface area contributed by atoms with Crippen LogP contribution in [-0.2, 0) is 14.3 Å². The molecule has 132 valence electrons. The predicted molar refractivity (Wildman–Crippen MR) is 94.0 cm³/mol. The van der Waals surface area contributed by atoms with E-state index in [9.17, 15) is 9.59 Å². The summed E-state index contributed by atoms with van der Waals surface area (Å²) in [6.07, 6.45) is 19.0. The van der Waals surface area contributed by atoms with Gasteiger partial charge in [0.1, 0.15) is 0 Å². The van der Waals surface area contributed by atoms with Crippen LogP contribution in [0.15, 0.2) is 12.2 Å². The summed E-state index contributed by atoms with van der Waals surface area (Å²) in [5.41, 5.74) is 0. The molecule has 0 radical (unpaired) electrons. The lowest BCUT2D eigenvalue weighted by molar-refractivity contribution is -0.153. The largest absolute Gasteiger partial charge is 0.393 e. The number of allylic oxidation sites excluding steroid dienone is 2. The van der Waals surface area contributed by atoms with E-state index in [1.54, 1.807) is 0 Å². The molecule has 0 aromatic rings. The van der Waals surface area contributed by atoms with Crippen molar-refractivity contribution in [2.45, 2.75) is 90.9 Å². The predicted octanol–water partition coefficient (Wildman–Crippen LogP) is 5.58. The summed E-state index contributed by atoms with van der Waals surface area (Å²) < 4.78 is 4.60. The van der Waals surface area contributed by atoms with E-state index >= 15 is 0 Å². The van der Waals surface area contributed by atoms with Crippen LogP contribution in [0.2, 0.25) is 0 Å². The minimum atomic E-state index is -0.380. The van der Waals surface area contributed by atoms with Crippen molar-refractivity contribution in [3.8, 4) is 0 Å². The highest BCUT2D eigenvalue weighted by Gasteiger charge is 2.36. The summed E-state index contributed by atoms with van der Waals surface area (Å²) in [6.45, 7) is 4.24. The van der Waals surface area contributed by atoms with Gasteiger partial charge in [-0.15, -0.1) is 0 Å². The molecule has 0 saturated carbocycles. The van der Waals surface area contributed by atoms with Gasteiger partial charge in [0.25, 0.3) is 0 Å². The van der Waals surface area contributed by atoms with Crippen LogP contribution >= 0.6 is 0 Å². The number of cyclic esters (lactones) is 2. The van der Waals surface area contributed by atoms with Crippen molar-refractivity contribution >= 4 is 11.9 Å². The van der Waals surface area contributed by atoms with E-state index in [0.717, 1.165) is 6.42 Å². The molecule has 0 spiro atoms. The number of rotatable bonds is 13. The Morgan fingerprint density at radius 3 is 2.09 bits per heavy atom. The van der Waals surface area contributed by atoms with Crippen LogP contribution in [0.25, 0.3) is 0 Å². The fraction of sp³-hybridized carbons (Fsp3) is 0.800. The first-order valence-electron chi connectivity index (χ1n) is 9.56. The van der Waals surface area contributed by atoms with Crippen molar-refractivity contribution < 1.29 is 14.3 Å². The van der Waals surface area contributed by atoms with E-state index in [4.69, 9.17) is 0 Å². The Balaban J connectivity index is 1.94. The molecule has 3 nitrogen and oxygen atoms in total. The van der Waals surface area contributed by atoms with Gasteiger partial charge < -0.3 is 4.74 Å². The second-order valence-electron chi connectivity index (χ2n) is 6.86. The van der Waals surface area contributed by atoms with E-state index in [0.29, 0.717) is 0 Å². The van der Waals surface area contributed by atoms with Gasteiger partial charge in [0.2, 0.25) is 0 Å². The maximum atomic E-state index is 11.5. The Morgan fingerprint density at radius 2 is 1.57 bits per heavy atom. The van der Waals surface area contributed by atoms with Crippen molar-refractivity contribution in [1.29, 1.82) is 0 Å². The minimum absolute atomic E-state index is 0.0945. The standard InChI is InChI=1S/C20H34O3/c1-3-4-5-6-7-8-9-10-11-12-13-14-15-17(2)18-16-19(21)23-20(18)22/h14-15,17-18H,3-13,16H2,1-2H3/b15-14+. The van der Waals surface area contributed by atoms with Gasteiger partial charge in [-0.3, -0.25) is 9.59 Å². The fourth-order valence-corrected chi connectivity index (χ4v) is 3.09. The molecule has 0 N–H and O–H groups in total. The van der Waals surface area contributed by atoms with Crippen LogP contribution in [0.1, 0.15) is 90.9 Å². The molecule has 0 amide bonds. The van der Waals surface area contributed by atoms with E-state index in [1.807, 2.05) is 6.92 Å². The third-order valence-electron chi connectivity index (χ3n) is 4.70. The molecule has 1 aliphatic rings. The molecule has 1 saturated heterocycles. The van der Waals surface area contributed by atoms with E-state index in [1.165, 1.54) is 64.2 Å². The average Bonchev–Trinajstić information content (AvgIpc) is 2.87. The zero-order valence-corrected chi connectivity index (χ0v) is 15.0. The summed E-state index contributed by atoms with van der Waals surface area (Å²) in [6, 6.07) is 0. The molecule has 1 heterocycles. The smallest absolute Gasteiger partial charge is 0.317 e. The highest BCUT2D eigenvalue weighted by Crippen LogP contribution is 2.25. The number of carbonyl (C=O) groups excluding carboxylic acids is 2. The van der Waals surface area contributed by atoms with E-state index in [-0.39, 0.29) is 30.2 Å². The van der Waals surface area contributed by atoms with Crippen molar-refractivity contribution in [2.75, 3.05) is 0 Å². The Morgan fingerprint density at radius 1 is 1.00 bits per heavy atom. The lowest BCUT2D eigenvalue weighted by Crippen LogP contribution is -2.14. The zero-order valence-electron chi connectivity index (χ0n) is 15.0. The van der Waals surface area contributed by atoms with Crippen LogP contribution in [0.3, 0.4) is 0 Å². The van der Waals surface area contributed by atoms with E-state index in [2.05, 4.69) is 23.8 Å². The third-order valence-corrected chi connectivity index (χ3v) is 4.70. The molecule has 0 aliphatic carbocycles. The molecule has 2 atom stereocenters. The first-order valence-corrected chi connectivity index (χ1v) is 9.56. The van der Waals surface area contributed by atoms with Crippen LogP contribution in [0.4, 0.5) is 0 Å². The normalized spacial score (nSPS) is 19.5. The molecule has 0 aromatic carbocycles. The molecule has 1 aliphatic heterocycles. The lowest BCUT2D eigenvalue weighted by Gasteiger charge is -2.09. The molecule has 0 bridgehead atoms. The minimum Gasteiger partial charge on any atom is -0.393 e. The molecule has 0 aromatic heterocycles. The van der Waals surface area contributed by atoms with Gasteiger partial charge in [-0.05, 0) is 18.8 Å². The summed E-state index contributed by atoms with van der Waals surface area (Å²) in [5.74, 6) is -0.912. The summed E-state index contributed by atoms with van der Waals surface area (Å²) in [5, 5.41) is 0. The molecular formula is C20H34O3.